The minimum Gasteiger partial charge on any atom is -0.334 e. The smallest absolute Gasteiger partial charge is 0.258 e. The molecule has 30 heavy (non-hydrogen) atoms. The highest BCUT2D eigenvalue weighted by molar-refractivity contribution is 5.60. The lowest BCUT2D eigenvalue weighted by atomic mass is 9.84. The monoisotopic (exact) mass is 401 g/mol. The molecular formula is C26H31N3O. The van der Waals surface area contributed by atoms with Gasteiger partial charge in [-0.25, -0.2) is 0 Å². The van der Waals surface area contributed by atoms with E-state index in [4.69, 9.17) is 4.52 Å². The van der Waals surface area contributed by atoms with E-state index >= 15 is 0 Å². The van der Waals surface area contributed by atoms with Crippen LogP contribution in [0.15, 0.2) is 53.1 Å². The van der Waals surface area contributed by atoms with E-state index in [-0.39, 0.29) is 0 Å². The fraction of sp³-hybridized carbons (Fsp3) is 0.462. The summed E-state index contributed by atoms with van der Waals surface area (Å²) in [5.41, 5.74) is 4.80. The molecule has 1 saturated carbocycles. The van der Waals surface area contributed by atoms with Crippen LogP contribution >= 0.6 is 0 Å². The van der Waals surface area contributed by atoms with Gasteiger partial charge in [-0.15, -0.1) is 0 Å². The van der Waals surface area contributed by atoms with Gasteiger partial charge in [-0.3, -0.25) is 4.90 Å². The number of benzene rings is 2. The van der Waals surface area contributed by atoms with Crippen molar-refractivity contribution < 1.29 is 4.52 Å². The summed E-state index contributed by atoms with van der Waals surface area (Å²) in [5.74, 6) is 1.97. The summed E-state index contributed by atoms with van der Waals surface area (Å²) in [5, 5.41) is 4.22. The van der Waals surface area contributed by atoms with Crippen molar-refractivity contribution in [2.24, 2.45) is 0 Å². The molecule has 4 nitrogen and oxygen atoms in total. The van der Waals surface area contributed by atoms with Crippen LogP contribution in [0.3, 0.4) is 0 Å². The molecule has 0 atom stereocenters. The highest BCUT2D eigenvalue weighted by atomic mass is 16.5. The first-order valence-corrected chi connectivity index (χ1v) is 11.6. The fourth-order valence-electron chi connectivity index (χ4n) is 4.93. The molecule has 3 aromatic rings. The van der Waals surface area contributed by atoms with Crippen LogP contribution in [0, 0.1) is 0 Å². The van der Waals surface area contributed by atoms with E-state index in [2.05, 4.69) is 63.6 Å². The van der Waals surface area contributed by atoms with Gasteiger partial charge in [-0.2, -0.15) is 4.98 Å². The number of aromatic nitrogens is 2. The zero-order valence-corrected chi connectivity index (χ0v) is 17.7. The lowest BCUT2D eigenvalue weighted by Gasteiger charge is -2.26. The highest BCUT2D eigenvalue weighted by Crippen LogP contribution is 2.33. The third-order valence-electron chi connectivity index (χ3n) is 6.73. The Morgan fingerprint density at radius 3 is 2.17 bits per heavy atom. The Bertz CT molecular complexity index is 933. The topological polar surface area (TPSA) is 42.2 Å². The molecule has 0 unspecified atom stereocenters. The molecule has 0 bridgehead atoms. The standard InChI is InChI=1S/C26H31N3O/c1-3-7-21(8-4-1)22-13-15-24(16-14-22)26-27-25(28-30-26)23-11-9-20(10-12-23)19-29-17-5-2-6-18-29/h9-16,21H,1-8,17-19H2. The predicted octanol–water partition coefficient (Wildman–Crippen LogP) is 6.44. The summed E-state index contributed by atoms with van der Waals surface area (Å²) in [7, 11) is 0. The number of piperidine rings is 1. The summed E-state index contributed by atoms with van der Waals surface area (Å²) >= 11 is 0. The maximum atomic E-state index is 5.57. The maximum Gasteiger partial charge on any atom is 0.258 e. The molecule has 2 heterocycles. The largest absolute Gasteiger partial charge is 0.334 e. The molecule has 1 saturated heterocycles. The first kappa shape index (κ1) is 19.5. The van der Waals surface area contributed by atoms with Gasteiger partial charge < -0.3 is 4.52 Å². The van der Waals surface area contributed by atoms with Gasteiger partial charge in [0.1, 0.15) is 0 Å². The molecule has 1 aliphatic carbocycles. The van der Waals surface area contributed by atoms with Gasteiger partial charge in [0, 0.05) is 17.7 Å². The minimum atomic E-state index is 0.595. The molecule has 1 aliphatic heterocycles. The molecule has 2 aromatic carbocycles. The predicted molar refractivity (Wildman–Crippen MR) is 120 cm³/mol. The van der Waals surface area contributed by atoms with Crippen LogP contribution in [0.5, 0.6) is 0 Å². The second-order valence-electron chi connectivity index (χ2n) is 8.91. The number of likely N-dealkylation sites (tertiary alicyclic amines) is 1. The number of rotatable bonds is 5. The van der Waals surface area contributed by atoms with Crippen LogP contribution < -0.4 is 0 Å². The summed E-state index contributed by atoms with van der Waals surface area (Å²) in [6.07, 6.45) is 10.8. The van der Waals surface area contributed by atoms with Crippen LogP contribution in [-0.4, -0.2) is 28.1 Å². The summed E-state index contributed by atoms with van der Waals surface area (Å²) < 4.78 is 5.57. The Morgan fingerprint density at radius 2 is 1.43 bits per heavy atom. The molecule has 2 aliphatic rings. The molecule has 156 valence electrons. The van der Waals surface area contributed by atoms with Gasteiger partial charge in [-0.1, -0.05) is 67.2 Å². The molecular weight excluding hydrogens is 370 g/mol. The van der Waals surface area contributed by atoms with Crippen LogP contribution in [0.2, 0.25) is 0 Å². The average molecular weight is 402 g/mol. The van der Waals surface area contributed by atoms with E-state index in [9.17, 15) is 0 Å². The fourth-order valence-corrected chi connectivity index (χ4v) is 4.93. The molecule has 0 N–H and O–H groups in total. The van der Waals surface area contributed by atoms with E-state index in [0.717, 1.165) is 23.6 Å². The molecule has 1 aromatic heterocycles. The summed E-state index contributed by atoms with van der Waals surface area (Å²) in [6, 6.07) is 17.3. The number of hydrogen-bond acceptors (Lipinski definition) is 4. The van der Waals surface area contributed by atoms with Gasteiger partial charge in [0.05, 0.1) is 0 Å². The van der Waals surface area contributed by atoms with Crippen molar-refractivity contribution >= 4 is 0 Å². The molecule has 0 spiro atoms. The zero-order chi connectivity index (χ0) is 20.2. The van der Waals surface area contributed by atoms with Crippen molar-refractivity contribution in [2.45, 2.75) is 63.8 Å². The van der Waals surface area contributed by atoms with Crippen molar-refractivity contribution in [1.82, 2.24) is 15.0 Å². The lowest BCUT2D eigenvalue weighted by molar-refractivity contribution is 0.221. The number of nitrogens with zero attached hydrogens (tertiary/aromatic N) is 3. The third kappa shape index (κ3) is 4.49. The van der Waals surface area contributed by atoms with Crippen molar-refractivity contribution in [3.05, 3.63) is 59.7 Å². The normalized spacial score (nSPS) is 18.5. The van der Waals surface area contributed by atoms with Crippen molar-refractivity contribution in [1.29, 1.82) is 0 Å². The van der Waals surface area contributed by atoms with E-state index in [1.807, 2.05) is 0 Å². The van der Waals surface area contributed by atoms with Crippen LogP contribution in [-0.2, 0) is 6.54 Å². The first-order valence-electron chi connectivity index (χ1n) is 11.6. The molecule has 5 rings (SSSR count). The number of hydrogen-bond donors (Lipinski definition) is 0. The Hall–Kier alpha value is -2.46. The Balaban J connectivity index is 1.25. The molecule has 2 fully saturated rings. The second kappa shape index (κ2) is 9.13. The minimum absolute atomic E-state index is 0.595. The highest BCUT2D eigenvalue weighted by Gasteiger charge is 2.17. The Labute approximate surface area is 179 Å². The lowest BCUT2D eigenvalue weighted by Crippen LogP contribution is -2.28. The van der Waals surface area contributed by atoms with Gasteiger partial charge in [-0.05, 0) is 68.0 Å². The van der Waals surface area contributed by atoms with E-state index in [1.54, 1.807) is 0 Å². The van der Waals surface area contributed by atoms with Crippen molar-refractivity contribution in [3.8, 4) is 22.8 Å². The van der Waals surface area contributed by atoms with Crippen LogP contribution in [0.25, 0.3) is 22.8 Å². The zero-order valence-electron chi connectivity index (χ0n) is 17.7. The molecule has 4 heteroatoms. The van der Waals surface area contributed by atoms with Gasteiger partial charge in [0.15, 0.2) is 0 Å². The van der Waals surface area contributed by atoms with Crippen LogP contribution in [0.4, 0.5) is 0 Å². The quantitative estimate of drug-likeness (QED) is 0.493. The molecule has 0 radical (unpaired) electrons. The SMILES string of the molecule is c1cc(-c2noc(-c3ccc(C4CCCCC4)cc3)n2)ccc1CN1CCCCC1. The maximum absolute atomic E-state index is 5.57. The first-order chi connectivity index (χ1) is 14.8. The Morgan fingerprint density at radius 1 is 0.767 bits per heavy atom. The van der Waals surface area contributed by atoms with E-state index in [1.165, 1.54) is 75.6 Å². The van der Waals surface area contributed by atoms with E-state index < -0.39 is 0 Å². The van der Waals surface area contributed by atoms with E-state index in [0.29, 0.717) is 11.7 Å². The van der Waals surface area contributed by atoms with Gasteiger partial charge in [0.25, 0.3) is 5.89 Å². The van der Waals surface area contributed by atoms with Crippen LogP contribution in [0.1, 0.15) is 68.4 Å². The molecule has 0 amide bonds. The van der Waals surface area contributed by atoms with Crippen molar-refractivity contribution in [2.75, 3.05) is 13.1 Å². The van der Waals surface area contributed by atoms with Crippen molar-refractivity contribution in [3.63, 3.8) is 0 Å². The second-order valence-corrected chi connectivity index (χ2v) is 8.91. The Kier molecular flexibility index (Phi) is 5.94. The summed E-state index contributed by atoms with van der Waals surface area (Å²) in [4.78, 5) is 7.19. The third-order valence-corrected chi connectivity index (χ3v) is 6.73. The van der Waals surface area contributed by atoms with Gasteiger partial charge in [0.2, 0.25) is 5.82 Å². The van der Waals surface area contributed by atoms with Gasteiger partial charge >= 0.3 is 0 Å². The average Bonchev–Trinajstić information content (AvgIpc) is 3.31. The summed E-state index contributed by atoms with van der Waals surface area (Å²) in [6.45, 7) is 3.47.